The van der Waals surface area contributed by atoms with Crippen molar-refractivity contribution in [2.24, 2.45) is 5.73 Å². The Labute approximate surface area is 80.2 Å². The van der Waals surface area contributed by atoms with Crippen molar-refractivity contribution in [2.75, 3.05) is 0 Å². The Morgan fingerprint density at radius 3 is 2.64 bits per heavy atom. The molecule has 2 aromatic rings. The molecule has 0 aliphatic carbocycles. The molecule has 0 unspecified atom stereocenters. The molecule has 0 spiro atoms. The molecule has 0 saturated carbocycles. The fourth-order valence-corrected chi connectivity index (χ4v) is 1.29. The summed E-state index contributed by atoms with van der Waals surface area (Å²) in [5.74, 6) is -0.290. The van der Waals surface area contributed by atoms with Crippen LogP contribution < -0.4 is 5.73 Å². The number of hydrogen-bond acceptors (Lipinski definition) is 3. The summed E-state index contributed by atoms with van der Waals surface area (Å²) >= 11 is 0. The van der Waals surface area contributed by atoms with Gasteiger partial charge in [-0.05, 0) is 23.8 Å². The van der Waals surface area contributed by atoms with Crippen molar-refractivity contribution in [1.82, 2.24) is 14.8 Å². The molecule has 14 heavy (non-hydrogen) atoms. The Balaban J connectivity index is 2.53. The average molecular weight is 192 g/mol. The zero-order chi connectivity index (χ0) is 9.97. The third kappa shape index (κ3) is 1.49. The zero-order valence-electron chi connectivity index (χ0n) is 7.39. The molecule has 0 bridgehead atoms. The predicted octanol–water partition coefficient (Wildman–Crippen LogP) is 0.865. The van der Waals surface area contributed by atoms with Crippen LogP contribution in [-0.2, 0) is 6.54 Å². The highest BCUT2D eigenvalue weighted by molar-refractivity contribution is 5.40. The lowest BCUT2D eigenvalue weighted by Crippen LogP contribution is -2.03. The molecule has 0 fully saturated rings. The molecule has 2 N–H and O–H groups in total. The third-order valence-corrected chi connectivity index (χ3v) is 1.96. The summed E-state index contributed by atoms with van der Waals surface area (Å²) in [5, 5.41) is 7.35. The Kier molecular flexibility index (Phi) is 2.24. The quantitative estimate of drug-likeness (QED) is 0.767. The molecule has 5 heteroatoms. The number of nitrogens with two attached hydrogens (primary N) is 1. The second kappa shape index (κ2) is 3.55. The van der Waals surface area contributed by atoms with Gasteiger partial charge in [0.25, 0.3) is 0 Å². The second-order valence-electron chi connectivity index (χ2n) is 2.85. The van der Waals surface area contributed by atoms with Gasteiger partial charge in [-0.2, -0.15) is 0 Å². The second-order valence-corrected chi connectivity index (χ2v) is 2.85. The van der Waals surface area contributed by atoms with Crippen LogP contribution in [0.2, 0.25) is 0 Å². The van der Waals surface area contributed by atoms with Gasteiger partial charge in [-0.1, -0.05) is 0 Å². The number of benzene rings is 1. The molecule has 0 aliphatic heterocycles. The van der Waals surface area contributed by atoms with Gasteiger partial charge in [0.05, 0.1) is 5.69 Å². The van der Waals surface area contributed by atoms with Gasteiger partial charge >= 0.3 is 0 Å². The van der Waals surface area contributed by atoms with Crippen LogP contribution in [-0.4, -0.2) is 14.8 Å². The van der Waals surface area contributed by atoms with Crippen LogP contribution in [0.5, 0.6) is 0 Å². The molecule has 0 atom stereocenters. The molecule has 1 aromatic carbocycles. The van der Waals surface area contributed by atoms with Crippen molar-refractivity contribution in [2.45, 2.75) is 6.54 Å². The smallest absolute Gasteiger partial charge is 0.123 e. The van der Waals surface area contributed by atoms with E-state index >= 15 is 0 Å². The van der Waals surface area contributed by atoms with Gasteiger partial charge in [-0.25, -0.2) is 4.39 Å². The van der Waals surface area contributed by atoms with E-state index in [0.29, 0.717) is 0 Å². The van der Waals surface area contributed by atoms with Crippen molar-refractivity contribution < 1.29 is 4.39 Å². The molecule has 72 valence electrons. The summed E-state index contributed by atoms with van der Waals surface area (Å²) in [6.45, 7) is 0.283. The van der Waals surface area contributed by atoms with Crippen molar-refractivity contribution in [1.29, 1.82) is 0 Å². The molecule has 0 aliphatic rings. The maximum atomic E-state index is 12.9. The van der Waals surface area contributed by atoms with Gasteiger partial charge < -0.3 is 5.73 Å². The fourth-order valence-electron chi connectivity index (χ4n) is 1.29. The predicted molar refractivity (Wildman–Crippen MR) is 49.2 cm³/mol. The highest BCUT2D eigenvalue weighted by atomic mass is 19.1. The van der Waals surface area contributed by atoms with E-state index in [2.05, 4.69) is 10.2 Å². The zero-order valence-corrected chi connectivity index (χ0v) is 7.39. The SMILES string of the molecule is NCc1cc(F)ccc1-n1cnnc1. The molecule has 0 radical (unpaired) electrons. The fraction of sp³-hybridized carbons (Fsp3) is 0.111. The number of aromatic nitrogens is 3. The number of hydrogen-bond donors (Lipinski definition) is 1. The maximum absolute atomic E-state index is 12.9. The van der Waals surface area contributed by atoms with Crippen LogP contribution in [0.25, 0.3) is 5.69 Å². The van der Waals surface area contributed by atoms with E-state index in [4.69, 9.17) is 5.73 Å². The summed E-state index contributed by atoms with van der Waals surface area (Å²) < 4.78 is 14.6. The minimum atomic E-state index is -0.290. The van der Waals surface area contributed by atoms with Crippen molar-refractivity contribution in [3.63, 3.8) is 0 Å². The first-order valence-electron chi connectivity index (χ1n) is 4.15. The Morgan fingerprint density at radius 2 is 2.00 bits per heavy atom. The lowest BCUT2D eigenvalue weighted by Gasteiger charge is -2.07. The molecule has 2 rings (SSSR count). The Bertz CT molecular complexity index is 424. The maximum Gasteiger partial charge on any atom is 0.123 e. The first-order valence-corrected chi connectivity index (χ1v) is 4.15. The monoisotopic (exact) mass is 192 g/mol. The minimum Gasteiger partial charge on any atom is -0.326 e. The van der Waals surface area contributed by atoms with E-state index in [9.17, 15) is 4.39 Å². The highest BCUT2D eigenvalue weighted by Gasteiger charge is 2.04. The highest BCUT2D eigenvalue weighted by Crippen LogP contribution is 2.14. The molecular weight excluding hydrogens is 183 g/mol. The molecule has 0 amide bonds. The number of rotatable bonds is 2. The van der Waals surface area contributed by atoms with Gasteiger partial charge in [0.1, 0.15) is 18.5 Å². The standard InChI is InChI=1S/C9H9FN4/c10-8-1-2-9(7(3-8)4-11)14-5-12-13-6-14/h1-3,5-6H,4,11H2. The minimum absolute atomic E-state index is 0.283. The van der Waals surface area contributed by atoms with Gasteiger partial charge in [0, 0.05) is 6.54 Å². The first-order chi connectivity index (χ1) is 6.81. The van der Waals surface area contributed by atoms with Crippen molar-refractivity contribution in [3.05, 3.63) is 42.2 Å². The van der Waals surface area contributed by atoms with Crippen molar-refractivity contribution >= 4 is 0 Å². The lowest BCUT2D eigenvalue weighted by molar-refractivity contribution is 0.624. The Morgan fingerprint density at radius 1 is 1.29 bits per heavy atom. The largest absolute Gasteiger partial charge is 0.326 e. The summed E-state index contributed by atoms with van der Waals surface area (Å²) in [7, 11) is 0. The average Bonchev–Trinajstić information content (AvgIpc) is 2.70. The summed E-state index contributed by atoms with van der Waals surface area (Å²) in [6.07, 6.45) is 3.10. The van der Waals surface area contributed by atoms with Gasteiger partial charge in [0.15, 0.2) is 0 Å². The van der Waals surface area contributed by atoms with Crippen LogP contribution in [0.1, 0.15) is 5.56 Å². The van der Waals surface area contributed by atoms with Crippen LogP contribution in [0.3, 0.4) is 0 Å². The lowest BCUT2D eigenvalue weighted by atomic mass is 10.1. The molecular formula is C9H9FN4. The number of halogens is 1. The van der Waals surface area contributed by atoms with E-state index in [0.717, 1.165) is 11.3 Å². The number of nitrogens with zero attached hydrogens (tertiary/aromatic N) is 3. The van der Waals surface area contributed by atoms with Crippen LogP contribution in [0, 0.1) is 5.82 Å². The molecule has 4 nitrogen and oxygen atoms in total. The van der Waals surface area contributed by atoms with E-state index in [1.54, 1.807) is 23.3 Å². The summed E-state index contributed by atoms with van der Waals surface area (Å²) in [6, 6.07) is 4.45. The van der Waals surface area contributed by atoms with Crippen LogP contribution in [0.15, 0.2) is 30.9 Å². The van der Waals surface area contributed by atoms with E-state index in [1.165, 1.54) is 12.1 Å². The third-order valence-electron chi connectivity index (χ3n) is 1.96. The molecule has 1 aromatic heterocycles. The van der Waals surface area contributed by atoms with E-state index in [-0.39, 0.29) is 12.4 Å². The summed E-state index contributed by atoms with van der Waals surface area (Å²) in [5.41, 5.74) is 7.04. The van der Waals surface area contributed by atoms with Crippen molar-refractivity contribution in [3.8, 4) is 5.69 Å². The van der Waals surface area contributed by atoms with E-state index in [1.807, 2.05) is 0 Å². The van der Waals surface area contributed by atoms with Gasteiger partial charge in [-0.3, -0.25) is 4.57 Å². The van der Waals surface area contributed by atoms with Gasteiger partial charge in [0.2, 0.25) is 0 Å². The van der Waals surface area contributed by atoms with Crippen LogP contribution in [0.4, 0.5) is 4.39 Å². The Hall–Kier alpha value is -1.75. The van der Waals surface area contributed by atoms with Crippen LogP contribution >= 0.6 is 0 Å². The molecule has 1 heterocycles. The topological polar surface area (TPSA) is 56.7 Å². The normalized spacial score (nSPS) is 10.4. The summed E-state index contributed by atoms with van der Waals surface area (Å²) in [4.78, 5) is 0. The first kappa shape index (κ1) is 8.83. The van der Waals surface area contributed by atoms with E-state index < -0.39 is 0 Å². The molecule has 0 saturated heterocycles. The van der Waals surface area contributed by atoms with Gasteiger partial charge in [-0.15, -0.1) is 10.2 Å².